The molecule has 0 amide bonds. The Kier molecular flexibility index (Phi) is 3.15. The number of hydrogen-bond donors (Lipinski definition) is 0. The summed E-state index contributed by atoms with van der Waals surface area (Å²) in [7, 11) is 0. The van der Waals surface area contributed by atoms with Crippen molar-refractivity contribution in [3.05, 3.63) is 35.0 Å². The summed E-state index contributed by atoms with van der Waals surface area (Å²) in [5, 5.41) is 3.21. The van der Waals surface area contributed by atoms with Crippen molar-refractivity contribution >= 4 is 17.3 Å². The average molecular weight is 219 g/mol. The van der Waals surface area contributed by atoms with Gasteiger partial charge in [0.25, 0.3) is 0 Å². The predicted molar refractivity (Wildman–Crippen MR) is 67.8 cm³/mol. The maximum atomic E-state index is 4.23. The fraction of sp³-hybridized carbons (Fsp3) is 0.462. The lowest BCUT2D eigenvalue weighted by Crippen LogP contribution is -1.88. The van der Waals surface area contributed by atoms with Gasteiger partial charge in [-0.15, -0.1) is 11.8 Å². The van der Waals surface area contributed by atoms with Crippen LogP contribution in [0.15, 0.2) is 23.9 Å². The fourth-order valence-corrected chi connectivity index (χ4v) is 3.18. The number of pyridine rings is 1. The minimum atomic E-state index is 0.841. The molecule has 2 heterocycles. The van der Waals surface area contributed by atoms with Crippen molar-refractivity contribution in [2.75, 3.05) is 0 Å². The molecule has 0 N–H and O–H groups in total. The van der Waals surface area contributed by atoms with E-state index in [-0.39, 0.29) is 0 Å². The van der Waals surface area contributed by atoms with E-state index in [1.165, 1.54) is 23.1 Å². The third-order valence-corrected chi connectivity index (χ3v) is 3.97. The molecule has 1 aliphatic heterocycles. The molecule has 1 nitrogen and oxygen atoms in total. The summed E-state index contributed by atoms with van der Waals surface area (Å²) < 4.78 is 0. The van der Waals surface area contributed by atoms with E-state index in [2.05, 4.69) is 23.4 Å². The molecule has 2 aliphatic rings. The molecule has 1 aliphatic carbocycles. The van der Waals surface area contributed by atoms with Gasteiger partial charge in [0, 0.05) is 17.6 Å². The standard InChI is InChI=1S/C11H11NS.C2H6/c1-7-2-8(5-12-4-7)10-6-13-11-3-9(10)11;1-2/h2,4-6,9,11H,3H2,1H3;1-2H3. The van der Waals surface area contributed by atoms with Gasteiger partial charge in [-0.1, -0.05) is 13.8 Å². The maximum absolute atomic E-state index is 4.23. The zero-order valence-corrected chi connectivity index (χ0v) is 10.3. The topological polar surface area (TPSA) is 12.9 Å². The molecule has 1 aromatic heterocycles. The van der Waals surface area contributed by atoms with Gasteiger partial charge < -0.3 is 0 Å². The predicted octanol–water partition coefficient (Wildman–Crippen LogP) is 3.89. The summed E-state index contributed by atoms with van der Waals surface area (Å²) in [5.74, 6) is 0.841. The first kappa shape index (κ1) is 10.7. The van der Waals surface area contributed by atoms with Gasteiger partial charge in [-0.05, 0) is 47.4 Å². The second-order valence-electron chi connectivity index (χ2n) is 3.84. The second kappa shape index (κ2) is 4.40. The van der Waals surface area contributed by atoms with E-state index < -0.39 is 0 Å². The van der Waals surface area contributed by atoms with Gasteiger partial charge in [0.15, 0.2) is 0 Å². The van der Waals surface area contributed by atoms with Crippen LogP contribution in [0.3, 0.4) is 0 Å². The van der Waals surface area contributed by atoms with E-state index in [0.29, 0.717) is 0 Å². The van der Waals surface area contributed by atoms with Crippen molar-refractivity contribution < 1.29 is 0 Å². The van der Waals surface area contributed by atoms with E-state index >= 15 is 0 Å². The number of thioether (sulfide) groups is 1. The number of hydrogen-bond acceptors (Lipinski definition) is 2. The summed E-state index contributed by atoms with van der Waals surface area (Å²) in [5.41, 5.74) is 4.11. The van der Waals surface area contributed by atoms with E-state index in [9.17, 15) is 0 Å². The molecular weight excluding hydrogens is 202 g/mol. The lowest BCUT2D eigenvalue weighted by molar-refractivity contribution is 1.14. The highest BCUT2D eigenvalue weighted by Gasteiger charge is 2.44. The summed E-state index contributed by atoms with van der Waals surface area (Å²) in [6, 6.07) is 2.24. The van der Waals surface area contributed by atoms with Crippen LogP contribution in [-0.4, -0.2) is 10.2 Å². The summed E-state index contributed by atoms with van der Waals surface area (Å²) >= 11 is 1.99. The van der Waals surface area contributed by atoms with Crippen LogP contribution >= 0.6 is 11.8 Å². The molecule has 0 aromatic carbocycles. The van der Waals surface area contributed by atoms with Gasteiger partial charge in [-0.25, -0.2) is 0 Å². The van der Waals surface area contributed by atoms with E-state index in [1.54, 1.807) is 0 Å². The molecule has 1 aromatic rings. The molecule has 2 atom stereocenters. The third-order valence-electron chi connectivity index (χ3n) is 2.71. The van der Waals surface area contributed by atoms with Crippen molar-refractivity contribution in [1.82, 2.24) is 4.98 Å². The number of rotatable bonds is 1. The lowest BCUT2D eigenvalue weighted by atomic mass is 10.0. The Bertz CT molecular complexity index is 384. The molecule has 15 heavy (non-hydrogen) atoms. The van der Waals surface area contributed by atoms with Gasteiger partial charge in [0.05, 0.1) is 0 Å². The Hall–Kier alpha value is -0.760. The molecule has 2 heteroatoms. The van der Waals surface area contributed by atoms with Crippen LogP contribution in [0.5, 0.6) is 0 Å². The van der Waals surface area contributed by atoms with Crippen LogP contribution in [0.2, 0.25) is 0 Å². The molecule has 0 bridgehead atoms. The second-order valence-corrected chi connectivity index (χ2v) is 4.95. The molecule has 0 radical (unpaired) electrons. The molecule has 2 unspecified atom stereocenters. The van der Waals surface area contributed by atoms with Gasteiger partial charge in [0.1, 0.15) is 0 Å². The minimum Gasteiger partial charge on any atom is -0.264 e. The van der Waals surface area contributed by atoms with Crippen LogP contribution < -0.4 is 0 Å². The zero-order chi connectivity index (χ0) is 10.8. The molecule has 80 valence electrons. The van der Waals surface area contributed by atoms with Crippen molar-refractivity contribution in [2.24, 2.45) is 5.92 Å². The van der Waals surface area contributed by atoms with Crippen molar-refractivity contribution in [3.8, 4) is 0 Å². The van der Waals surface area contributed by atoms with Crippen LogP contribution in [-0.2, 0) is 0 Å². The largest absolute Gasteiger partial charge is 0.264 e. The Morgan fingerprint density at radius 1 is 1.33 bits per heavy atom. The quantitative estimate of drug-likeness (QED) is 0.710. The maximum Gasteiger partial charge on any atom is 0.0343 e. The summed E-state index contributed by atoms with van der Waals surface area (Å²) in [6.07, 6.45) is 5.28. The van der Waals surface area contributed by atoms with Crippen molar-refractivity contribution in [3.63, 3.8) is 0 Å². The van der Waals surface area contributed by atoms with Crippen molar-refractivity contribution in [2.45, 2.75) is 32.4 Å². The molecule has 0 saturated heterocycles. The molecule has 1 fully saturated rings. The average Bonchev–Trinajstić information content (AvgIpc) is 2.93. The SMILES string of the molecule is CC.Cc1cncc(C2=CSC3CC23)c1. The first-order valence-electron chi connectivity index (χ1n) is 5.62. The van der Waals surface area contributed by atoms with Crippen LogP contribution in [0.25, 0.3) is 5.57 Å². The highest BCUT2D eigenvalue weighted by molar-refractivity contribution is 8.03. The zero-order valence-electron chi connectivity index (χ0n) is 9.53. The van der Waals surface area contributed by atoms with Gasteiger partial charge >= 0.3 is 0 Å². The van der Waals surface area contributed by atoms with Crippen molar-refractivity contribution in [1.29, 1.82) is 0 Å². The minimum absolute atomic E-state index is 0.841. The Labute approximate surface area is 96.0 Å². The number of aromatic nitrogens is 1. The fourth-order valence-electron chi connectivity index (χ4n) is 1.89. The lowest BCUT2D eigenvalue weighted by Gasteiger charge is -2.02. The molecule has 1 saturated carbocycles. The summed E-state index contributed by atoms with van der Waals surface area (Å²) in [6.45, 7) is 6.10. The van der Waals surface area contributed by atoms with Crippen LogP contribution in [0.1, 0.15) is 31.4 Å². The first-order valence-corrected chi connectivity index (χ1v) is 6.56. The Balaban J connectivity index is 0.000000404. The number of nitrogens with zero attached hydrogens (tertiary/aromatic N) is 1. The van der Waals surface area contributed by atoms with Crippen LogP contribution in [0, 0.1) is 12.8 Å². The number of allylic oxidation sites excluding steroid dienone is 1. The van der Waals surface area contributed by atoms with E-state index in [4.69, 9.17) is 0 Å². The molecule has 3 rings (SSSR count). The smallest absolute Gasteiger partial charge is 0.0343 e. The molecule has 0 spiro atoms. The van der Waals surface area contributed by atoms with E-state index in [1.807, 2.05) is 38.0 Å². The van der Waals surface area contributed by atoms with E-state index in [0.717, 1.165) is 11.2 Å². The van der Waals surface area contributed by atoms with Gasteiger partial charge in [-0.2, -0.15) is 0 Å². The van der Waals surface area contributed by atoms with Gasteiger partial charge in [-0.3, -0.25) is 4.98 Å². The summed E-state index contributed by atoms with van der Waals surface area (Å²) in [4.78, 5) is 4.23. The molecular formula is C13H17NS. The number of fused-ring (bicyclic) bond motifs is 1. The van der Waals surface area contributed by atoms with Crippen LogP contribution in [0.4, 0.5) is 0 Å². The highest BCUT2D eigenvalue weighted by atomic mass is 32.2. The Morgan fingerprint density at radius 3 is 2.67 bits per heavy atom. The normalized spacial score (nSPS) is 26.2. The highest BCUT2D eigenvalue weighted by Crippen LogP contribution is 2.56. The number of aryl methyl sites for hydroxylation is 1. The van der Waals surface area contributed by atoms with Gasteiger partial charge in [0.2, 0.25) is 0 Å². The third kappa shape index (κ3) is 2.10. The monoisotopic (exact) mass is 219 g/mol. The Morgan fingerprint density at radius 2 is 2.13 bits per heavy atom. The first-order chi connectivity index (χ1) is 7.34.